The molecule has 0 spiro atoms. The molecule has 65 heavy (non-hydrogen) atoms. The average molecular weight is 856 g/mol. The molecule has 11 aromatic rings. The molecule has 0 bridgehead atoms. The third-order valence-corrected chi connectivity index (χ3v) is 12.8. The molecule has 9 aromatic heterocycles. The second-order valence-electron chi connectivity index (χ2n) is 16.7. The molecule has 0 aliphatic carbocycles. The molecule has 9 heterocycles. The van der Waals surface area contributed by atoms with E-state index in [1.165, 1.54) is 17.1 Å². The quantitative estimate of drug-likeness (QED) is 0.120. The number of rotatable bonds is 11. The summed E-state index contributed by atoms with van der Waals surface area (Å²) in [6.45, 7) is 0. The normalized spacial score (nSPS) is 11.6. The molecule has 0 fully saturated rings. The second kappa shape index (κ2) is 15.4. The summed E-state index contributed by atoms with van der Waals surface area (Å²) in [4.78, 5) is 17.9. The first-order chi connectivity index (χ1) is 31.6. The van der Waals surface area contributed by atoms with Gasteiger partial charge in [-0.25, -0.2) is 15.0 Å². The summed E-state index contributed by atoms with van der Waals surface area (Å²) in [5.41, 5.74) is 16.5. The Balaban J connectivity index is 0.791. The molecule has 0 aliphatic heterocycles. The molecular formula is C52H49N13. The molecule has 0 unspecified atom stereocenters. The van der Waals surface area contributed by atoms with Crippen molar-refractivity contribution in [2.24, 2.45) is 49.3 Å². The molecule has 11 rings (SSSR count). The molecule has 322 valence electrons. The van der Waals surface area contributed by atoms with Crippen molar-refractivity contribution in [3.8, 4) is 79.7 Å². The summed E-state index contributed by atoms with van der Waals surface area (Å²) in [5.74, 6) is 3.62. The van der Waals surface area contributed by atoms with Crippen LogP contribution in [0.25, 0.3) is 90.9 Å². The van der Waals surface area contributed by atoms with E-state index in [-0.39, 0.29) is 0 Å². The topological polar surface area (TPSA) is 113 Å². The van der Waals surface area contributed by atoms with Gasteiger partial charge in [0.15, 0.2) is 17.3 Å². The number of fused-ring (bicyclic) bond motifs is 1. The summed E-state index contributed by atoms with van der Waals surface area (Å²) in [6, 6.07) is 46.9. The highest BCUT2D eigenvalue weighted by Gasteiger charge is 2.19. The number of hydrogen-bond acceptors (Lipinski definition) is 5. The van der Waals surface area contributed by atoms with E-state index in [1.54, 1.807) is 0 Å². The van der Waals surface area contributed by atoms with Crippen LogP contribution in [0.1, 0.15) is 0 Å². The fourth-order valence-corrected chi connectivity index (χ4v) is 9.16. The zero-order chi connectivity index (χ0) is 44.5. The summed E-state index contributed by atoms with van der Waals surface area (Å²) in [7, 11) is 14.6. The van der Waals surface area contributed by atoms with E-state index in [1.807, 2.05) is 43.2 Å². The van der Waals surface area contributed by atoms with Gasteiger partial charge in [0.2, 0.25) is 0 Å². The molecule has 13 nitrogen and oxygen atoms in total. The predicted octanol–water partition coefficient (Wildman–Crippen LogP) is 10.9. The van der Waals surface area contributed by atoms with Gasteiger partial charge in [0.25, 0.3) is 0 Å². The lowest BCUT2D eigenvalue weighted by Crippen LogP contribution is -2.03. The van der Waals surface area contributed by atoms with Crippen LogP contribution >= 0.6 is 0 Å². The number of aromatic nitrogens is 11. The minimum atomic E-state index is 0.663. The fraction of sp³-hybridized carbons (Fsp3) is 0.135. The minimum absolute atomic E-state index is 0.663. The van der Waals surface area contributed by atoms with Crippen molar-refractivity contribution in [1.82, 2.24) is 51.9 Å². The van der Waals surface area contributed by atoms with E-state index < -0.39 is 0 Å². The first-order valence-corrected chi connectivity index (χ1v) is 21.6. The van der Waals surface area contributed by atoms with Crippen LogP contribution in [0.5, 0.6) is 0 Å². The number of H-pyrrole nitrogens is 1. The van der Waals surface area contributed by atoms with Gasteiger partial charge in [-0.15, -0.1) is 0 Å². The Morgan fingerprint density at radius 3 is 1.57 bits per heavy atom. The van der Waals surface area contributed by atoms with Gasteiger partial charge in [-0.2, -0.15) is 0 Å². The number of anilines is 4. The lowest BCUT2D eigenvalue weighted by molar-refractivity contribution is 0.863. The molecule has 0 radical (unpaired) electrons. The Labute approximate surface area is 376 Å². The van der Waals surface area contributed by atoms with E-state index in [0.29, 0.717) is 5.65 Å². The fourth-order valence-electron chi connectivity index (χ4n) is 9.16. The molecular weight excluding hydrogens is 807 g/mol. The lowest BCUT2D eigenvalue weighted by Gasteiger charge is -2.14. The van der Waals surface area contributed by atoms with Gasteiger partial charge in [0, 0.05) is 79.3 Å². The van der Waals surface area contributed by atoms with Gasteiger partial charge in [0.05, 0.1) is 62.5 Å². The number of nitrogens with zero attached hydrogens (tertiary/aromatic N) is 10. The zero-order valence-corrected chi connectivity index (χ0v) is 37.4. The van der Waals surface area contributed by atoms with Crippen molar-refractivity contribution < 1.29 is 0 Å². The van der Waals surface area contributed by atoms with Crippen LogP contribution in [0.15, 0.2) is 152 Å². The Kier molecular flexibility index (Phi) is 9.34. The van der Waals surface area contributed by atoms with E-state index in [9.17, 15) is 0 Å². The molecule has 0 aliphatic rings. The highest BCUT2D eigenvalue weighted by Crippen LogP contribution is 2.35. The van der Waals surface area contributed by atoms with E-state index in [0.717, 1.165) is 91.2 Å². The van der Waals surface area contributed by atoms with Crippen molar-refractivity contribution in [2.45, 2.75) is 0 Å². The Morgan fingerprint density at radius 1 is 0.431 bits per heavy atom. The lowest BCUT2D eigenvalue weighted by atomic mass is 10.0. The van der Waals surface area contributed by atoms with Crippen molar-refractivity contribution in [2.75, 3.05) is 10.6 Å². The number of pyridine rings is 1. The summed E-state index contributed by atoms with van der Waals surface area (Å²) < 4.78 is 15.2. The van der Waals surface area contributed by atoms with Gasteiger partial charge in [-0.3, -0.25) is 0 Å². The first-order valence-electron chi connectivity index (χ1n) is 21.6. The van der Waals surface area contributed by atoms with Gasteiger partial charge in [0.1, 0.15) is 11.6 Å². The second-order valence-corrected chi connectivity index (χ2v) is 16.7. The van der Waals surface area contributed by atoms with Crippen LogP contribution in [0, 0.1) is 0 Å². The largest absolute Gasteiger partial charge is 0.349 e. The summed E-state index contributed by atoms with van der Waals surface area (Å²) in [6.07, 6.45) is 5.84. The van der Waals surface area contributed by atoms with Crippen LogP contribution < -0.4 is 10.6 Å². The van der Waals surface area contributed by atoms with Crippen LogP contribution in [0.3, 0.4) is 0 Å². The molecule has 13 heteroatoms. The Morgan fingerprint density at radius 2 is 0.969 bits per heavy atom. The number of benzene rings is 2. The SMILES string of the molecule is Cn1cccc1-c1ccc(-c2ccc(-c3ccc(Nc4cccc(-c5cccc(Nc6ccc(-c7ccc8[nH]c(-c9ccc(-c%10nccn%10C)n9C)nc8n7)n6C)c5)c4)n3C)n2C)n1C. The molecule has 2 aromatic carbocycles. The maximum absolute atomic E-state index is 4.99. The van der Waals surface area contributed by atoms with Crippen LogP contribution in [0.2, 0.25) is 0 Å². The standard InChI is InChI=1S/C52H49N13/c1-59-29-10-15-40(59)41-18-19-42(61(41)3)43-20-21-44(62(43)4)45-25-27-49(65(45)7)55-36-14-9-12-34(32-36)33-11-8-13-35(31-33)54-48-26-24-39(64(48)6)37-16-17-38-50(56-37)58-51(57-38)46-22-23-47(63(46)5)52-53-28-30-60(52)2/h8-32,54-55H,1-7H3,(H,56,57,58). The Bertz CT molecular complexity index is 3550. The third-order valence-electron chi connectivity index (χ3n) is 12.8. The molecule has 0 amide bonds. The average Bonchev–Trinajstić information content (AvgIpc) is 4.20. The summed E-state index contributed by atoms with van der Waals surface area (Å²) >= 11 is 0. The Hall–Kier alpha value is -8.45. The summed E-state index contributed by atoms with van der Waals surface area (Å²) in [5, 5.41) is 7.34. The van der Waals surface area contributed by atoms with E-state index in [4.69, 9.17) is 9.97 Å². The smallest absolute Gasteiger partial charge is 0.178 e. The molecule has 3 N–H and O–H groups in total. The molecule has 0 atom stereocenters. The highest BCUT2D eigenvalue weighted by atomic mass is 15.1. The molecule has 0 saturated heterocycles. The van der Waals surface area contributed by atoms with Gasteiger partial charge >= 0.3 is 0 Å². The van der Waals surface area contributed by atoms with Gasteiger partial charge in [-0.05, 0) is 120 Å². The minimum Gasteiger partial charge on any atom is -0.349 e. The van der Waals surface area contributed by atoms with E-state index in [2.05, 4.69) is 211 Å². The zero-order valence-electron chi connectivity index (χ0n) is 37.4. The monoisotopic (exact) mass is 855 g/mol. The number of hydrogen-bond donors (Lipinski definition) is 3. The van der Waals surface area contributed by atoms with Crippen molar-refractivity contribution >= 4 is 34.2 Å². The number of imidazole rings is 2. The molecule has 0 saturated carbocycles. The van der Waals surface area contributed by atoms with Gasteiger partial charge < -0.3 is 47.6 Å². The number of aromatic amines is 1. The van der Waals surface area contributed by atoms with Crippen LogP contribution in [-0.4, -0.2) is 51.9 Å². The maximum Gasteiger partial charge on any atom is 0.178 e. The van der Waals surface area contributed by atoms with Crippen molar-refractivity contribution in [1.29, 1.82) is 0 Å². The highest BCUT2D eigenvalue weighted by molar-refractivity contribution is 5.80. The number of aryl methyl sites for hydroxylation is 2. The van der Waals surface area contributed by atoms with Crippen molar-refractivity contribution in [3.05, 3.63) is 152 Å². The van der Waals surface area contributed by atoms with Crippen molar-refractivity contribution in [3.63, 3.8) is 0 Å². The third kappa shape index (κ3) is 6.76. The maximum atomic E-state index is 4.99. The number of nitrogens with one attached hydrogen (secondary N) is 3. The van der Waals surface area contributed by atoms with Crippen LogP contribution in [-0.2, 0) is 49.3 Å². The predicted molar refractivity (Wildman–Crippen MR) is 262 cm³/mol. The first kappa shape index (κ1) is 39.4. The van der Waals surface area contributed by atoms with Gasteiger partial charge in [-0.1, -0.05) is 24.3 Å². The van der Waals surface area contributed by atoms with Crippen LogP contribution in [0.4, 0.5) is 23.0 Å². The van der Waals surface area contributed by atoms with E-state index >= 15 is 0 Å².